The minimum absolute atomic E-state index is 0.0208. The average molecular weight is 441 g/mol. The number of para-hydroxylation sites is 1. The minimum Gasteiger partial charge on any atom is -0.483 e. The number of hydrogen-bond acceptors (Lipinski definition) is 6. The van der Waals surface area contributed by atoms with Crippen molar-refractivity contribution in [3.05, 3.63) is 72.6 Å². The molecule has 1 amide bonds. The van der Waals surface area contributed by atoms with Crippen LogP contribution in [0.2, 0.25) is 0 Å². The molecule has 31 heavy (non-hydrogen) atoms. The average Bonchev–Trinajstić information content (AvgIpc) is 2.73. The van der Waals surface area contributed by atoms with Crippen molar-refractivity contribution in [2.45, 2.75) is 31.1 Å². The van der Waals surface area contributed by atoms with Crippen molar-refractivity contribution in [2.24, 2.45) is 0 Å². The number of carbonyl (C=O) groups is 1. The monoisotopic (exact) mass is 440 g/mol. The first-order chi connectivity index (χ1) is 14.6. The summed E-state index contributed by atoms with van der Waals surface area (Å²) in [4.78, 5) is 20.0. The number of rotatable bonds is 7. The lowest BCUT2D eigenvalue weighted by Gasteiger charge is -2.22. The molecule has 0 unspecified atom stereocenters. The summed E-state index contributed by atoms with van der Waals surface area (Å²) in [5, 5.41) is 2.69. The number of amides is 1. The fraction of sp³-hybridized carbons (Fsp3) is 0.227. The minimum atomic E-state index is -3.84. The van der Waals surface area contributed by atoms with Crippen LogP contribution in [0.5, 0.6) is 5.75 Å². The Hall–Kier alpha value is -3.46. The van der Waals surface area contributed by atoms with Gasteiger partial charge >= 0.3 is 0 Å². The van der Waals surface area contributed by atoms with E-state index in [1.807, 2.05) is 24.3 Å². The van der Waals surface area contributed by atoms with Gasteiger partial charge in [0.2, 0.25) is 5.95 Å². The number of aromatic nitrogens is 2. The Morgan fingerprint density at radius 1 is 0.968 bits per heavy atom. The number of sulfonamides is 1. The summed E-state index contributed by atoms with van der Waals surface area (Å²) in [6.07, 6.45) is 2.87. The molecule has 3 rings (SSSR count). The molecule has 0 saturated heterocycles. The Bertz CT molecular complexity index is 1140. The second kappa shape index (κ2) is 9.13. The fourth-order valence-corrected chi connectivity index (χ4v) is 3.76. The van der Waals surface area contributed by atoms with E-state index in [1.165, 1.54) is 36.7 Å². The highest BCUT2D eigenvalue weighted by Gasteiger charge is 2.19. The van der Waals surface area contributed by atoms with Crippen LogP contribution in [0.1, 0.15) is 26.3 Å². The van der Waals surface area contributed by atoms with E-state index in [-0.39, 0.29) is 28.8 Å². The van der Waals surface area contributed by atoms with Crippen molar-refractivity contribution in [1.29, 1.82) is 0 Å². The lowest BCUT2D eigenvalue weighted by molar-refractivity contribution is -0.118. The molecule has 1 heterocycles. The molecule has 0 atom stereocenters. The van der Waals surface area contributed by atoms with Crippen LogP contribution < -0.4 is 14.8 Å². The van der Waals surface area contributed by atoms with Gasteiger partial charge in [-0.3, -0.25) is 4.79 Å². The van der Waals surface area contributed by atoms with E-state index in [0.717, 1.165) is 5.56 Å². The zero-order valence-corrected chi connectivity index (χ0v) is 18.3. The van der Waals surface area contributed by atoms with E-state index >= 15 is 0 Å². The standard InChI is InChI=1S/C22H24N4O4S/c1-22(2,3)18-7-4-5-8-19(18)30-15-20(27)25-16-9-11-17(12-10-16)31(28,29)26-21-23-13-6-14-24-21/h4-14H,15H2,1-3H3,(H,25,27)(H,23,24,26). The van der Waals surface area contributed by atoms with Crippen molar-refractivity contribution in [1.82, 2.24) is 9.97 Å². The van der Waals surface area contributed by atoms with E-state index in [4.69, 9.17) is 4.74 Å². The number of nitrogens with zero attached hydrogens (tertiary/aromatic N) is 2. The van der Waals surface area contributed by atoms with Crippen LogP contribution in [0.4, 0.5) is 11.6 Å². The van der Waals surface area contributed by atoms with Gasteiger partial charge in [0.1, 0.15) is 5.75 Å². The molecule has 9 heteroatoms. The zero-order valence-electron chi connectivity index (χ0n) is 17.5. The third-order valence-corrected chi connectivity index (χ3v) is 5.64. The third-order valence-electron chi connectivity index (χ3n) is 4.29. The summed E-state index contributed by atoms with van der Waals surface area (Å²) in [7, 11) is -3.84. The number of nitrogens with one attached hydrogen (secondary N) is 2. The van der Waals surface area contributed by atoms with Crippen LogP contribution in [0.15, 0.2) is 71.9 Å². The maximum atomic E-state index is 12.4. The van der Waals surface area contributed by atoms with Gasteiger partial charge in [-0.15, -0.1) is 0 Å². The molecule has 0 bridgehead atoms. The zero-order chi connectivity index (χ0) is 22.5. The third kappa shape index (κ3) is 6.02. The van der Waals surface area contributed by atoms with Crippen molar-refractivity contribution in [2.75, 3.05) is 16.6 Å². The van der Waals surface area contributed by atoms with Crippen LogP contribution in [-0.2, 0) is 20.2 Å². The number of carbonyl (C=O) groups excluding carboxylic acids is 1. The smallest absolute Gasteiger partial charge is 0.264 e. The predicted molar refractivity (Wildman–Crippen MR) is 119 cm³/mol. The lowest BCUT2D eigenvalue weighted by atomic mass is 9.86. The molecule has 8 nitrogen and oxygen atoms in total. The Balaban J connectivity index is 1.61. The first-order valence-corrected chi connectivity index (χ1v) is 11.1. The summed E-state index contributed by atoms with van der Waals surface area (Å²) in [6.45, 7) is 6.05. The van der Waals surface area contributed by atoms with Crippen molar-refractivity contribution in [3.63, 3.8) is 0 Å². The molecule has 0 radical (unpaired) electrons. The number of benzene rings is 2. The van der Waals surface area contributed by atoms with E-state index in [9.17, 15) is 13.2 Å². The van der Waals surface area contributed by atoms with Crippen LogP contribution >= 0.6 is 0 Å². The van der Waals surface area contributed by atoms with E-state index in [1.54, 1.807) is 6.07 Å². The molecule has 0 spiro atoms. The fourth-order valence-electron chi connectivity index (χ4n) is 2.80. The molecule has 0 saturated carbocycles. The molecular formula is C22H24N4O4S. The largest absolute Gasteiger partial charge is 0.483 e. The summed E-state index contributed by atoms with van der Waals surface area (Å²) in [5.74, 6) is 0.281. The van der Waals surface area contributed by atoms with Gasteiger partial charge < -0.3 is 10.1 Å². The molecule has 1 aromatic heterocycles. The topological polar surface area (TPSA) is 110 Å². The number of anilines is 2. The molecule has 0 aliphatic carbocycles. The Morgan fingerprint density at radius 3 is 2.26 bits per heavy atom. The SMILES string of the molecule is CC(C)(C)c1ccccc1OCC(=O)Nc1ccc(S(=O)(=O)Nc2ncccn2)cc1. The van der Waals surface area contributed by atoms with E-state index in [2.05, 4.69) is 40.8 Å². The summed E-state index contributed by atoms with van der Waals surface area (Å²) in [6, 6.07) is 15.0. The van der Waals surface area contributed by atoms with E-state index < -0.39 is 10.0 Å². The maximum Gasteiger partial charge on any atom is 0.264 e. The molecule has 3 aromatic rings. The molecule has 2 N–H and O–H groups in total. The van der Waals surface area contributed by atoms with Gasteiger partial charge in [-0.2, -0.15) is 0 Å². The summed E-state index contributed by atoms with van der Waals surface area (Å²) >= 11 is 0. The molecule has 0 aliphatic heterocycles. The molecule has 0 fully saturated rings. The van der Waals surface area contributed by atoms with Gasteiger partial charge in [0.05, 0.1) is 4.90 Å². The predicted octanol–water partition coefficient (Wildman–Crippen LogP) is 3.59. The second-order valence-corrected chi connectivity index (χ2v) is 9.47. The number of ether oxygens (including phenoxy) is 1. The van der Waals surface area contributed by atoms with Crippen molar-refractivity contribution < 1.29 is 17.9 Å². The lowest BCUT2D eigenvalue weighted by Crippen LogP contribution is -2.22. The van der Waals surface area contributed by atoms with Crippen molar-refractivity contribution in [3.8, 4) is 5.75 Å². The Labute approximate surface area is 181 Å². The number of hydrogen-bond donors (Lipinski definition) is 2. The quantitative estimate of drug-likeness (QED) is 0.581. The molecule has 162 valence electrons. The highest BCUT2D eigenvalue weighted by molar-refractivity contribution is 7.92. The molecule has 2 aromatic carbocycles. The first-order valence-electron chi connectivity index (χ1n) is 9.57. The van der Waals surface area contributed by atoms with Gasteiger partial charge in [0.15, 0.2) is 6.61 Å². The summed E-state index contributed by atoms with van der Waals surface area (Å²) in [5.41, 5.74) is 1.34. The van der Waals surface area contributed by atoms with Crippen LogP contribution in [0.25, 0.3) is 0 Å². The van der Waals surface area contributed by atoms with Gasteiger partial charge in [0.25, 0.3) is 15.9 Å². The van der Waals surface area contributed by atoms with Crippen LogP contribution in [-0.4, -0.2) is 30.9 Å². The van der Waals surface area contributed by atoms with Crippen LogP contribution in [0.3, 0.4) is 0 Å². The van der Waals surface area contributed by atoms with Crippen molar-refractivity contribution >= 4 is 27.6 Å². The Morgan fingerprint density at radius 2 is 1.61 bits per heavy atom. The first kappa shape index (κ1) is 22.2. The highest BCUT2D eigenvalue weighted by atomic mass is 32.2. The van der Waals surface area contributed by atoms with Gasteiger partial charge in [0, 0.05) is 18.1 Å². The van der Waals surface area contributed by atoms with Gasteiger partial charge in [-0.25, -0.2) is 23.1 Å². The highest BCUT2D eigenvalue weighted by Crippen LogP contribution is 2.30. The Kier molecular flexibility index (Phi) is 6.55. The van der Waals surface area contributed by atoms with E-state index in [0.29, 0.717) is 11.4 Å². The van der Waals surface area contributed by atoms with Gasteiger partial charge in [-0.05, 0) is 47.4 Å². The maximum absolute atomic E-state index is 12.4. The molecule has 0 aliphatic rings. The normalized spacial score (nSPS) is 11.6. The summed E-state index contributed by atoms with van der Waals surface area (Å²) < 4.78 is 32.8. The van der Waals surface area contributed by atoms with Crippen LogP contribution in [0, 0.1) is 0 Å². The van der Waals surface area contributed by atoms with Gasteiger partial charge in [-0.1, -0.05) is 39.0 Å². The molecular weight excluding hydrogens is 416 g/mol. The second-order valence-electron chi connectivity index (χ2n) is 7.79.